The lowest BCUT2D eigenvalue weighted by molar-refractivity contribution is 0.800. The maximum Gasteiger partial charge on any atom is 0.159 e. The first-order chi connectivity index (χ1) is 10.6. The van der Waals surface area contributed by atoms with Crippen LogP contribution in [0.5, 0.6) is 0 Å². The van der Waals surface area contributed by atoms with E-state index >= 15 is 0 Å². The Morgan fingerprint density at radius 2 is 1.86 bits per heavy atom. The fourth-order valence-corrected chi connectivity index (χ4v) is 2.48. The maximum atomic E-state index is 4.44. The Bertz CT molecular complexity index is 779. The molecular weight excluding hydrogens is 342 g/mol. The first-order valence-corrected chi connectivity index (χ1v) is 7.75. The van der Waals surface area contributed by atoms with E-state index in [0.717, 1.165) is 27.5 Å². The Balaban J connectivity index is 1.76. The van der Waals surface area contributed by atoms with Gasteiger partial charge in [-0.3, -0.25) is 0 Å². The van der Waals surface area contributed by atoms with Crippen molar-refractivity contribution in [3.8, 4) is 5.82 Å². The summed E-state index contributed by atoms with van der Waals surface area (Å²) in [5, 5.41) is 7.75. The smallest absolute Gasteiger partial charge is 0.159 e. The van der Waals surface area contributed by atoms with Crippen molar-refractivity contribution in [3.63, 3.8) is 0 Å². The zero-order chi connectivity index (χ0) is 15.5. The van der Waals surface area contributed by atoms with Crippen LogP contribution in [-0.4, -0.2) is 19.7 Å². The van der Waals surface area contributed by atoms with E-state index < -0.39 is 0 Å². The molecule has 3 rings (SSSR count). The van der Waals surface area contributed by atoms with Gasteiger partial charge in [-0.15, -0.1) is 0 Å². The third-order valence-corrected chi connectivity index (χ3v) is 3.79. The summed E-state index contributed by atoms with van der Waals surface area (Å²) < 4.78 is 2.90. The van der Waals surface area contributed by atoms with Gasteiger partial charge in [-0.05, 0) is 37.6 Å². The van der Waals surface area contributed by atoms with Crippen molar-refractivity contribution in [2.45, 2.75) is 20.4 Å². The molecule has 0 aliphatic carbocycles. The highest BCUT2D eigenvalue weighted by molar-refractivity contribution is 9.10. The highest BCUT2D eigenvalue weighted by Crippen LogP contribution is 2.14. The number of benzene rings is 1. The number of nitrogens with one attached hydrogen (secondary N) is 1. The van der Waals surface area contributed by atoms with Crippen molar-refractivity contribution in [2.24, 2.45) is 0 Å². The number of hydrogen-bond acceptors (Lipinski definition) is 4. The van der Waals surface area contributed by atoms with E-state index in [1.54, 1.807) is 6.33 Å². The van der Waals surface area contributed by atoms with Crippen LogP contribution in [0.4, 0.5) is 5.82 Å². The van der Waals surface area contributed by atoms with Gasteiger partial charge in [0.05, 0.1) is 5.69 Å². The summed E-state index contributed by atoms with van der Waals surface area (Å²) in [6, 6.07) is 12.1. The molecule has 6 heteroatoms. The van der Waals surface area contributed by atoms with Gasteiger partial charge in [-0.1, -0.05) is 28.1 Å². The quantitative estimate of drug-likeness (QED) is 0.774. The van der Waals surface area contributed by atoms with Gasteiger partial charge in [0.1, 0.15) is 12.1 Å². The first-order valence-electron chi connectivity index (χ1n) is 6.96. The third-order valence-electron chi connectivity index (χ3n) is 3.27. The second kappa shape index (κ2) is 6.27. The van der Waals surface area contributed by atoms with Gasteiger partial charge in [-0.25, -0.2) is 14.6 Å². The Labute approximate surface area is 137 Å². The van der Waals surface area contributed by atoms with Gasteiger partial charge in [-0.2, -0.15) is 5.10 Å². The van der Waals surface area contributed by atoms with Crippen molar-refractivity contribution in [1.29, 1.82) is 0 Å². The lowest BCUT2D eigenvalue weighted by Gasteiger charge is -2.08. The topological polar surface area (TPSA) is 55.6 Å². The van der Waals surface area contributed by atoms with Gasteiger partial charge in [0.2, 0.25) is 0 Å². The van der Waals surface area contributed by atoms with Gasteiger partial charge < -0.3 is 5.32 Å². The van der Waals surface area contributed by atoms with Gasteiger partial charge in [0.25, 0.3) is 0 Å². The molecule has 0 bridgehead atoms. The number of aromatic nitrogens is 4. The van der Waals surface area contributed by atoms with Crippen LogP contribution in [0.15, 0.2) is 47.2 Å². The lowest BCUT2D eigenvalue weighted by atomic mass is 10.2. The van der Waals surface area contributed by atoms with Crippen LogP contribution in [0.3, 0.4) is 0 Å². The fourth-order valence-electron chi connectivity index (χ4n) is 2.22. The first kappa shape index (κ1) is 14.7. The molecule has 0 amide bonds. The van der Waals surface area contributed by atoms with Crippen LogP contribution in [0.25, 0.3) is 5.82 Å². The molecule has 112 valence electrons. The largest absolute Gasteiger partial charge is 0.366 e. The molecule has 0 radical (unpaired) electrons. The average molecular weight is 358 g/mol. The minimum absolute atomic E-state index is 0.709. The predicted molar refractivity (Wildman–Crippen MR) is 90.1 cm³/mol. The lowest BCUT2D eigenvalue weighted by Crippen LogP contribution is -2.06. The zero-order valence-corrected chi connectivity index (χ0v) is 14.0. The number of halogens is 1. The van der Waals surface area contributed by atoms with Crippen molar-refractivity contribution >= 4 is 21.7 Å². The molecule has 5 nitrogen and oxygen atoms in total. The monoisotopic (exact) mass is 357 g/mol. The normalized spacial score (nSPS) is 10.7. The fraction of sp³-hybridized carbons (Fsp3) is 0.188. The second-order valence-corrected chi connectivity index (χ2v) is 6.00. The van der Waals surface area contributed by atoms with E-state index in [2.05, 4.69) is 48.4 Å². The summed E-state index contributed by atoms with van der Waals surface area (Å²) in [6.07, 6.45) is 1.55. The molecule has 0 saturated carbocycles. The summed E-state index contributed by atoms with van der Waals surface area (Å²) in [7, 11) is 0. The molecule has 0 spiro atoms. The van der Waals surface area contributed by atoms with Crippen molar-refractivity contribution in [1.82, 2.24) is 19.7 Å². The van der Waals surface area contributed by atoms with Gasteiger partial charge in [0, 0.05) is 22.8 Å². The Morgan fingerprint density at radius 1 is 1.09 bits per heavy atom. The van der Waals surface area contributed by atoms with E-state index in [0.29, 0.717) is 6.54 Å². The van der Waals surface area contributed by atoms with E-state index in [4.69, 9.17) is 0 Å². The Hall–Kier alpha value is -2.21. The zero-order valence-electron chi connectivity index (χ0n) is 12.4. The summed E-state index contributed by atoms with van der Waals surface area (Å²) in [6.45, 7) is 4.69. The number of nitrogens with zero attached hydrogens (tertiary/aromatic N) is 4. The third kappa shape index (κ3) is 3.33. The van der Waals surface area contributed by atoms with Crippen LogP contribution < -0.4 is 5.32 Å². The second-order valence-electron chi connectivity index (χ2n) is 5.08. The Kier molecular flexibility index (Phi) is 4.20. The molecule has 1 aromatic carbocycles. The summed E-state index contributed by atoms with van der Waals surface area (Å²) in [4.78, 5) is 8.55. The number of aryl methyl sites for hydroxylation is 2. The molecule has 0 aliphatic heterocycles. The average Bonchev–Trinajstić information content (AvgIpc) is 2.86. The highest BCUT2D eigenvalue weighted by Gasteiger charge is 2.06. The van der Waals surface area contributed by atoms with E-state index in [1.165, 1.54) is 5.56 Å². The Morgan fingerprint density at radius 3 is 2.55 bits per heavy atom. The number of anilines is 1. The summed E-state index contributed by atoms with van der Waals surface area (Å²) in [5.74, 6) is 1.54. The van der Waals surface area contributed by atoms with Crippen LogP contribution in [0.2, 0.25) is 0 Å². The molecule has 0 atom stereocenters. The molecule has 2 heterocycles. The van der Waals surface area contributed by atoms with Crippen LogP contribution in [0.1, 0.15) is 17.0 Å². The number of hydrogen-bond donors (Lipinski definition) is 1. The predicted octanol–water partition coefficient (Wildman–Crippen LogP) is 3.65. The molecule has 0 fully saturated rings. The maximum absolute atomic E-state index is 4.44. The van der Waals surface area contributed by atoms with Crippen molar-refractivity contribution < 1.29 is 0 Å². The molecule has 22 heavy (non-hydrogen) atoms. The minimum Gasteiger partial charge on any atom is -0.366 e. The van der Waals surface area contributed by atoms with E-state index in [-0.39, 0.29) is 0 Å². The van der Waals surface area contributed by atoms with E-state index in [1.807, 2.05) is 42.8 Å². The van der Waals surface area contributed by atoms with E-state index in [9.17, 15) is 0 Å². The van der Waals surface area contributed by atoms with Gasteiger partial charge in [0.15, 0.2) is 5.82 Å². The van der Waals surface area contributed by atoms with Crippen LogP contribution in [0, 0.1) is 13.8 Å². The molecule has 0 unspecified atom stereocenters. The summed E-state index contributed by atoms with van der Waals surface area (Å²) in [5.41, 5.74) is 3.21. The molecule has 0 aliphatic rings. The molecular formula is C16H16BrN5. The standard InChI is InChI=1S/C16H16BrN5/c1-11-7-12(2)22(21-11)16-8-15(19-10-20-16)18-9-13-3-5-14(17)6-4-13/h3-8,10H,9H2,1-2H3,(H,18,19,20). The molecule has 3 aromatic rings. The molecule has 0 saturated heterocycles. The van der Waals surface area contributed by atoms with Crippen LogP contribution in [-0.2, 0) is 6.54 Å². The molecule has 2 aromatic heterocycles. The minimum atomic E-state index is 0.709. The molecule has 1 N–H and O–H groups in total. The SMILES string of the molecule is Cc1cc(C)n(-c2cc(NCc3ccc(Br)cc3)ncn2)n1. The van der Waals surface area contributed by atoms with Crippen molar-refractivity contribution in [2.75, 3.05) is 5.32 Å². The van der Waals surface area contributed by atoms with Crippen molar-refractivity contribution in [3.05, 3.63) is 64.1 Å². The van der Waals surface area contributed by atoms with Crippen LogP contribution >= 0.6 is 15.9 Å². The number of rotatable bonds is 4. The summed E-state index contributed by atoms with van der Waals surface area (Å²) >= 11 is 3.43. The highest BCUT2D eigenvalue weighted by atomic mass is 79.9. The van der Waals surface area contributed by atoms with Gasteiger partial charge >= 0.3 is 0 Å².